The second-order valence-corrected chi connectivity index (χ2v) is 9.91. The van der Waals surface area contributed by atoms with Crippen LogP contribution >= 0.6 is 0 Å². The molecule has 6 nitrogen and oxygen atoms in total. The Labute approximate surface area is 231 Å². The molecule has 0 aliphatic carbocycles. The van der Waals surface area contributed by atoms with Crippen molar-refractivity contribution in [3.05, 3.63) is 35.4 Å². The highest BCUT2D eigenvalue weighted by Crippen LogP contribution is 2.14. The summed E-state index contributed by atoms with van der Waals surface area (Å²) in [6.07, 6.45) is 20.2. The summed E-state index contributed by atoms with van der Waals surface area (Å²) in [7, 11) is 0. The van der Waals surface area contributed by atoms with Crippen LogP contribution < -0.4 is 0 Å². The molecule has 1 rings (SSSR count). The zero-order valence-electron chi connectivity index (χ0n) is 24.4. The third-order valence-corrected chi connectivity index (χ3v) is 6.29. The second kappa shape index (κ2) is 26.2. The van der Waals surface area contributed by atoms with Gasteiger partial charge in [-0.15, -0.1) is 0 Å². The van der Waals surface area contributed by atoms with E-state index in [1.807, 2.05) is 6.92 Å². The van der Waals surface area contributed by atoms with Gasteiger partial charge in [0.15, 0.2) is 0 Å². The Morgan fingerprint density at radius 2 is 0.895 bits per heavy atom. The predicted octanol–water partition coefficient (Wildman–Crippen LogP) is 9.15. The van der Waals surface area contributed by atoms with Gasteiger partial charge in [0, 0.05) is 6.42 Å². The molecule has 218 valence electrons. The monoisotopic (exact) mass is 534 g/mol. The van der Waals surface area contributed by atoms with Crippen LogP contribution in [-0.2, 0) is 14.3 Å². The molecule has 1 N–H and O–H groups in total. The topological polar surface area (TPSA) is 89.9 Å². The molecule has 0 fully saturated rings. The molecule has 6 heteroatoms. The molecular formula is C32H54O6. The first kappa shape index (κ1) is 35.6. The maximum atomic E-state index is 12.5. The van der Waals surface area contributed by atoms with Gasteiger partial charge in [-0.1, -0.05) is 123 Å². The molecule has 38 heavy (non-hydrogen) atoms. The van der Waals surface area contributed by atoms with E-state index in [1.54, 1.807) is 24.3 Å². The van der Waals surface area contributed by atoms with Crippen molar-refractivity contribution in [1.29, 1.82) is 0 Å². The number of carbonyl (C=O) groups is 3. The summed E-state index contributed by atoms with van der Waals surface area (Å²) in [5.74, 6) is -1.59. The van der Waals surface area contributed by atoms with Crippen molar-refractivity contribution >= 4 is 17.9 Å². The molecule has 0 bridgehead atoms. The molecule has 0 saturated heterocycles. The number of rotatable bonds is 22. The molecule has 0 atom stereocenters. The molecule has 0 saturated carbocycles. The van der Waals surface area contributed by atoms with Crippen LogP contribution in [-0.4, -0.2) is 36.2 Å². The van der Waals surface area contributed by atoms with Gasteiger partial charge in [-0.05, 0) is 31.4 Å². The van der Waals surface area contributed by atoms with Crippen molar-refractivity contribution in [2.45, 2.75) is 136 Å². The van der Waals surface area contributed by atoms with Gasteiger partial charge in [-0.2, -0.15) is 0 Å². The van der Waals surface area contributed by atoms with Crippen LogP contribution in [0.5, 0.6) is 0 Å². The van der Waals surface area contributed by atoms with Crippen LogP contribution in [0.2, 0.25) is 0 Å². The summed E-state index contributed by atoms with van der Waals surface area (Å²) >= 11 is 0. The Morgan fingerprint density at radius 3 is 1.18 bits per heavy atom. The summed E-state index contributed by atoms with van der Waals surface area (Å²) in [4.78, 5) is 34.5. The van der Waals surface area contributed by atoms with Crippen LogP contribution in [0.1, 0.15) is 157 Å². The van der Waals surface area contributed by atoms with E-state index in [1.165, 1.54) is 77.0 Å². The largest absolute Gasteiger partial charge is 0.481 e. The van der Waals surface area contributed by atoms with Crippen molar-refractivity contribution in [1.82, 2.24) is 0 Å². The van der Waals surface area contributed by atoms with Gasteiger partial charge in [0.2, 0.25) is 0 Å². The van der Waals surface area contributed by atoms with E-state index in [2.05, 4.69) is 13.8 Å². The molecular weight excluding hydrogens is 480 g/mol. The summed E-state index contributed by atoms with van der Waals surface area (Å²) in [5.41, 5.74) is 0.598. The van der Waals surface area contributed by atoms with E-state index in [9.17, 15) is 14.4 Å². The SMILES string of the molecule is CCCC(=O)O.CCCCCCCCCCOC(=O)c1ccccc1C(=O)OCCCCCCCCCC. The minimum Gasteiger partial charge on any atom is -0.481 e. The van der Waals surface area contributed by atoms with Crippen LogP contribution in [0, 0.1) is 0 Å². The normalized spacial score (nSPS) is 10.4. The van der Waals surface area contributed by atoms with E-state index in [0.29, 0.717) is 30.8 Å². The number of esters is 2. The first-order valence-electron chi connectivity index (χ1n) is 15.1. The average molecular weight is 535 g/mol. The van der Waals surface area contributed by atoms with Crippen molar-refractivity contribution < 1.29 is 29.0 Å². The number of hydrogen-bond acceptors (Lipinski definition) is 5. The van der Waals surface area contributed by atoms with Crippen LogP contribution in [0.4, 0.5) is 0 Å². The molecule has 0 aliphatic heterocycles. The standard InChI is InChI=1S/C28H46O4.C4H8O2/c1-3-5-7-9-11-13-15-19-23-31-27(29)25-21-17-18-22-26(25)28(30)32-24-20-16-14-12-10-8-6-4-2;1-2-3-4(5)6/h17-18,21-22H,3-16,19-20,23-24H2,1-2H3;2-3H2,1H3,(H,5,6). The summed E-state index contributed by atoms with van der Waals surface area (Å²) in [6, 6.07) is 6.79. The van der Waals surface area contributed by atoms with Gasteiger partial charge in [0.05, 0.1) is 24.3 Å². The van der Waals surface area contributed by atoms with E-state index in [0.717, 1.165) is 32.1 Å². The minimum atomic E-state index is -0.711. The highest BCUT2D eigenvalue weighted by Gasteiger charge is 2.18. The molecule has 0 heterocycles. The van der Waals surface area contributed by atoms with E-state index in [-0.39, 0.29) is 0 Å². The third-order valence-electron chi connectivity index (χ3n) is 6.29. The fourth-order valence-electron chi connectivity index (χ4n) is 4.01. The zero-order chi connectivity index (χ0) is 28.3. The fourth-order valence-corrected chi connectivity index (χ4v) is 4.01. The smallest absolute Gasteiger partial charge is 0.339 e. The third kappa shape index (κ3) is 20.7. The van der Waals surface area contributed by atoms with Crippen molar-refractivity contribution in [2.75, 3.05) is 13.2 Å². The number of aliphatic carboxylic acids is 1. The second-order valence-electron chi connectivity index (χ2n) is 9.91. The van der Waals surface area contributed by atoms with E-state index >= 15 is 0 Å². The van der Waals surface area contributed by atoms with Crippen molar-refractivity contribution in [3.8, 4) is 0 Å². The van der Waals surface area contributed by atoms with Gasteiger partial charge in [0.1, 0.15) is 0 Å². The Kier molecular flexibility index (Phi) is 24.6. The van der Waals surface area contributed by atoms with Crippen molar-refractivity contribution in [3.63, 3.8) is 0 Å². The Bertz CT molecular complexity index is 677. The Hall–Kier alpha value is -2.37. The molecule has 1 aromatic rings. The lowest BCUT2D eigenvalue weighted by atomic mass is 10.1. The lowest BCUT2D eigenvalue weighted by molar-refractivity contribution is -0.137. The Morgan fingerprint density at radius 1 is 0.553 bits per heavy atom. The molecule has 0 spiro atoms. The Balaban J connectivity index is 0.00000203. The van der Waals surface area contributed by atoms with E-state index in [4.69, 9.17) is 14.6 Å². The van der Waals surface area contributed by atoms with E-state index < -0.39 is 17.9 Å². The summed E-state index contributed by atoms with van der Waals surface area (Å²) in [5, 5.41) is 7.91. The lowest BCUT2D eigenvalue weighted by Crippen LogP contribution is -2.15. The summed E-state index contributed by atoms with van der Waals surface area (Å²) in [6.45, 7) is 7.09. The average Bonchev–Trinajstić information content (AvgIpc) is 2.91. The predicted molar refractivity (Wildman–Crippen MR) is 155 cm³/mol. The first-order valence-corrected chi connectivity index (χ1v) is 15.1. The molecule has 0 unspecified atom stereocenters. The number of benzene rings is 1. The maximum absolute atomic E-state index is 12.5. The number of carboxylic acids is 1. The number of unbranched alkanes of at least 4 members (excludes halogenated alkanes) is 14. The first-order chi connectivity index (χ1) is 18.5. The van der Waals surface area contributed by atoms with Gasteiger partial charge < -0.3 is 14.6 Å². The maximum Gasteiger partial charge on any atom is 0.339 e. The number of hydrogen-bond donors (Lipinski definition) is 1. The van der Waals surface area contributed by atoms with Gasteiger partial charge >= 0.3 is 17.9 Å². The molecule has 0 aromatic heterocycles. The quantitative estimate of drug-likeness (QED) is 0.118. The number of ether oxygens (including phenoxy) is 2. The van der Waals surface area contributed by atoms with Crippen LogP contribution in [0.15, 0.2) is 24.3 Å². The molecule has 0 amide bonds. The number of carboxylic acid groups (broad SMARTS) is 1. The zero-order valence-corrected chi connectivity index (χ0v) is 24.4. The van der Waals surface area contributed by atoms with Crippen LogP contribution in [0.25, 0.3) is 0 Å². The van der Waals surface area contributed by atoms with Gasteiger partial charge in [-0.25, -0.2) is 9.59 Å². The van der Waals surface area contributed by atoms with Crippen molar-refractivity contribution in [2.24, 2.45) is 0 Å². The summed E-state index contributed by atoms with van der Waals surface area (Å²) < 4.78 is 10.8. The highest BCUT2D eigenvalue weighted by atomic mass is 16.5. The highest BCUT2D eigenvalue weighted by molar-refractivity contribution is 6.03. The number of carbonyl (C=O) groups excluding carboxylic acids is 2. The lowest BCUT2D eigenvalue weighted by Gasteiger charge is -2.10. The molecule has 1 aromatic carbocycles. The fraction of sp³-hybridized carbons (Fsp3) is 0.719. The van der Waals surface area contributed by atoms with Gasteiger partial charge in [-0.3, -0.25) is 4.79 Å². The minimum absolute atomic E-state index is 0.292. The van der Waals surface area contributed by atoms with Crippen LogP contribution in [0.3, 0.4) is 0 Å². The molecule has 0 aliphatic rings. The molecule has 0 radical (unpaired) electrons. The van der Waals surface area contributed by atoms with Gasteiger partial charge in [0.25, 0.3) is 0 Å².